The van der Waals surface area contributed by atoms with Crippen molar-refractivity contribution in [3.63, 3.8) is 0 Å². The number of carbonyl (C=O) groups excluding carboxylic acids is 2. The number of quaternary nitrogens is 1. The Hall–Kier alpha value is -2.55. The van der Waals surface area contributed by atoms with E-state index < -0.39 is 20.0 Å². The minimum atomic E-state index is -4.45. The normalized spacial score (nSPS) is 14.3. The highest BCUT2D eigenvalue weighted by Crippen LogP contribution is 2.43. The highest BCUT2D eigenvalue weighted by Gasteiger charge is 2.30. The number of hydrogen-bond donors (Lipinski definition) is 2. The van der Waals surface area contributed by atoms with E-state index in [1.807, 2.05) is 33.3 Å². The number of carbonyl (C=O) groups is 2. The summed E-state index contributed by atoms with van der Waals surface area (Å²) in [5, 5.41) is 3.04. The zero-order chi connectivity index (χ0) is 52.2. The molecule has 0 heterocycles. The molecular formula is C61H112N2O7P+. The van der Waals surface area contributed by atoms with Crippen LogP contribution in [-0.2, 0) is 27.9 Å². The molecule has 0 spiro atoms. The van der Waals surface area contributed by atoms with Crippen LogP contribution in [0.3, 0.4) is 0 Å². The van der Waals surface area contributed by atoms with Gasteiger partial charge in [0, 0.05) is 12.8 Å². The van der Waals surface area contributed by atoms with Crippen LogP contribution in [0.25, 0.3) is 0 Å². The van der Waals surface area contributed by atoms with Crippen molar-refractivity contribution >= 4 is 19.7 Å². The number of nitrogens with zero attached hydrogens (tertiary/aromatic N) is 1. The minimum absolute atomic E-state index is 0.0329. The van der Waals surface area contributed by atoms with Crippen LogP contribution in [0.1, 0.15) is 252 Å². The Morgan fingerprint density at radius 2 is 0.958 bits per heavy atom. The fraction of sp³-hybridized carbons (Fsp3) is 0.770. The molecule has 0 fully saturated rings. The molecule has 10 heteroatoms. The quantitative estimate of drug-likeness (QED) is 0.0156. The highest BCUT2D eigenvalue weighted by molar-refractivity contribution is 7.47. The molecule has 0 aliphatic rings. The van der Waals surface area contributed by atoms with Gasteiger partial charge in [0.1, 0.15) is 19.3 Å². The summed E-state index contributed by atoms with van der Waals surface area (Å²) in [6.07, 6.45) is 64.6. The molecule has 0 aliphatic carbocycles. The number of ether oxygens (including phenoxy) is 1. The first-order valence-corrected chi connectivity index (χ1v) is 30.8. The van der Waals surface area contributed by atoms with E-state index in [-0.39, 0.29) is 31.5 Å². The van der Waals surface area contributed by atoms with Gasteiger partial charge < -0.3 is 19.4 Å². The Balaban J connectivity index is 5.34. The number of rotatable bonds is 52. The lowest BCUT2D eigenvalue weighted by Gasteiger charge is -2.27. The molecule has 1 amide bonds. The van der Waals surface area contributed by atoms with Crippen molar-refractivity contribution in [2.24, 2.45) is 0 Å². The summed E-state index contributed by atoms with van der Waals surface area (Å²) in [7, 11) is 1.47. The number of esters is 1. The molecule has 3 atom stereocenters. The largest absolute Gasteiger partial charge is 0.472 e. The number of allylic oxidation sites excluding steroid dienone is 11. The molecule has 412 valence electrons. The smallest absolute Gasteiger partial charge is 0.456 e. The minimum Gasteiger partial charge on any atom is -0.456 e. The van der Waals surface area contributed by atoms with Crippen molar-refractivity contribution in [3.8, 4) is 0 Å². The van der Waals surface area contributed by atoms with Crippen molar-refractivity contribution in [2.45, 2.75) is 264 Å². The number of hydrogen-bond acceptors (Lipinski definition) is 6. The molecule has 0 radical (unpaired) electrons. The fourth-order valence-electron chi connectivity index (χ4n) is 8.15. The molecule has 71 heavy (non-hydrogen) atoms. The van der Waals surface area contributed by atoms with E-state index in [2.05, 4.69) is 86.8 Å². The van der Waals surface area contributed by atoms with Gasteiger partial charge in [-0.25, -0.2) is 4.57 Å². The Morgan fingerprint density at radius 3 is 1.48 bits per heavy atom. The van der Waals surface area contributed by atoms with Gasteiger partial charge in [0.15, 0.2) is 0 Å². The van der Waals surface area contributed by atoms with Gasteiger partial charge in [-0.3, -0.25) is 18.6 Å². The van der Waals surface area contributed by atoms with Crippen molar-refractivity contribution in [2.75, 3.05) is 40.9 Å². The topological polar surface area (TPSA) is 111 Å². The third-order valence-corrected chi connectivity index (χ3v) is 13.7. The van der Waals surface area contributed by atoms with Crippen LogP contribution in [0, 0.1) is 0 Å². The first-order chi connectivity index (χ1) is 34.4. The predicted octanol–water partition coefficient (Wildman–Crippen LogP) is 17.7. The van der Waals surface area contributed by atoms with E-state index in [4.69, 9.17) is 13.8 Å². The summed E-state index contributed by atoms with van der Waals surface area (Å²) in [4.78, 5) is 37.6. The molecule has 9 nitrogen and oxygen atoms in total. The zero-order valence-electron chi connectivity index (χ0n) is 47.0. The van der Waals surface area contributed by atoms with Crippen molar-refractivity contribution < 1.29 is 37.3 Å². The first-order valence-electron chi connectivity index (χ1n) is 29.3. The van der Waals surface area contributed by atoms with E-state index in [0.29, 0.717) is 17.4 Å². The Morgan fingerprint density at radius 1 is 0.521 bits per heavy atom. The Kier molecular flexibility index (Phi) is 49.1. The molecule has 0 aromatic rings. The van der Waals surface area contributed by atoms with Gasteiger partial charge in [-0.1, -0.05) is 229 Å². The maximum absolute atomic E-state index is 13.5. The standard InChI is InChI=1S/C61H111N2O7P/c1-7-10-13-16-19-22-25-28-29-30-31-32-33-36-39-42-45-48-51-54-61(65)70-59(52-49-46-43-40-37-34-26-23-20-17-14-11-8-2)58(57-69-71(66,67)68-56-55-63(4,5)6)62-60(64)53-50-47-44-41-38-35-27-24-21-18-15-12-9-3/h12,15,18-19,21-22,24,27-29,49,52,58-59H,7-11,13-14,16-17,20,23,25-26,30-48,50-51,53-57H2,1-6H3,(H-,62,64,66,67)/p+1/b15-12+,21-18+,22-19-,27-24-,29-28-,52-49-. The lowest BCUT2D eigenvalue weighted by Crippen LogP contribution is -2.47. The molecule has 0 aliphatic heterocycles. The van der Waals surface area contributed by atoms with Crippen LogP contribution in [0.15, 0.2) is 72.9 Å². The molecule has 0 saturated heterocycles. The molecule has 0 aromatic heterocycles. The number of phosphoric acid groups is 1. The van der Waals surface area contributed by atoms with E-state index in [9.17, 15) is 19.0 Å². The second kappa shape index (κ2) is 51.0. The third-order valence-electron chi connectivity index (χ3n) is 12.7. The zero-order valence-corrected chi connectivity index (χ0v) is 47.8. The van der Waals surface area contributed by atoms with Crippen molar-refractivity contribution in [1.82, 2.24) is 5.32 Å². The van der Waals surface area contributed by atoms with Crippen LogP contribution < -0.4 is 5.32 Å². The lowest BCUT2D eigenvalue weighted by molar-refractivity contribution is -0.870. The van der Waals surface area contributed by atoms with Gasteiger partial charge >= 0.3 is 13.8 Å². The number of phosphoric ester groups is 1. The van der Waals surface area contributed by atoms with Gasteiger partial charge in [0.05, 0.1) is 33.8 Å². The Bertz CT molecular complexity index is 1450. The molecule has 0 rings (SSSR count). The van der Waals surface area contributed by atoms with Gasteiger partial charge in [-0.2, -0.15) is 0 Å². The van der Waals surface area contributed by atoms with E-state index >= 15 is 0 Å². The number of nitrogens with one attached hydrogen (secondary N) is 1. The molecule has 2 N–H and O–H groups in total. The van der Waals surface area contributed by atoms with Gasteiger partial charge in [-0.05, 0) is 83.1 Å². The van der Waals surface area contributed by atoms with E-state index in [1.54, 1.807) is 0 Å². The van der Waals surface area contributed by atoms with Crippen LogP contribution >= 0.6 is 7.82 Å². The number of likely N-dealkylation sites (N-methyl/N-ethyl adjacent to an activating group) is 1. The summed E-state index contributed by atoms with van der Waals surface area (Å²) in [5.74, 6) is -0.534. The average Bonchev–Trinajstić information content (AvgIpc) is 3.33. The second-order valence-electron chi connectivity index (χ2n) is 20.8. The van der Waals surface area contributed by atoms with Crippen LogP contribution in [0.2, 0.25) is 0 Å². The Labute approximate surface area is 438 Å². The average molecular weight is 1020 g/mol. The van der Waals surface area contributed by atoms with Gasteiger partial charge in [-0.15, -0.1) is 0 Å². The summed E-state index contributed by atoms with van der Waals surface area (Å²) in [6.45, 7) is 6.83. The van der Waals surface area contributed by atoms with Crippen LogP contribution in [0.4, 0.5) is 0 Å². The maximum atomic E-state index is 13.5. The van der Waals surface area contributed by atoms with Crippen molar-refractivity contribution in [1.29, 1.82) is 0 Å². The molecule has 0 bridgehead atoms. The van der Waals surface area contributed by atoms with E-state index in [0.717, 1.165) is 89.9 Å². The summed E-state index contributed by atoms with van der Waals surface area (Å²) in [6, 6.07) is -0.862. The van der Waals surface area contributed by atoms with Gasteiger partial charge in [0.25, 0.3) is 0 Å². The number of amides is 1. The van der Waals surface area contributed by atoms with Crippen LogP contribution in [0.5, 0.6) is 0 Å². The monoisotopic (exact) mass is 1020 g/mol. The SMILES string of the molecule is CC/C=C/C=C/C=C\CCCCCCCC(=O)NC(COP(=O)(O)OCC[N+](C)(C)C)C(/C=C\CCCCCCCCCCCCC)OC(=O)CCCCCCCCCCC/C=C\C/C=C\CCCCC. The second-order valence-corrected chi connectivity index (χ2v) is 22.3. The van der Waals surface area contributed by atoms with E-state index in [1.165, 1.54) is 128 Å². The molecule has 3 unspecified atom stereocenters. The van der Waals surface area contributed by atoms with Gasteiger partial charge in [0.2, 0.25) is 5.91 Å². The number of unbranched alkanes of at least 4 members (excludes halogenated alkanes) is 28. The molecule has 0 aromatic carbocycles. The molecular weight excluding hydrogens is 904 g/mol. The highest BCUT2D eigenvalue weighted by atomic mass is 31.2. The lowest BCUT2D eigenvalue weighted by atomic mass is 10.0. The first kappa shape index (κ1) is 68.5. The maximum Gasteiger partial charge on any atom is 0.472 e. The third kappa shape index (κ3) is 52.1. The fourth-order valence-corrected chi connectivity index (χ4v) is 8.88. The summed E-state index contributed by atoms with van der Waals surface area (Å²) in [5.41, 5.74) is 0. The molecule has 0 saturated carbocycles. The van der Waals surface area contributed by atoms with Crippen molar-refractivity contribution in [3.05, 3.63) is 72.9 Å². The predicted molar refractivity (Wildman–Crippen MR) is 305 cm³/mol. The summed E-state index contributed by atoms with van der Waals surface area (Å²) < 4.78 is 30.6. The van der Waals surface area contributed by atoms with Crippen LogP contribution in [-0.4, -0.2) is 74.3 Å². The summed E-state index contributed by atoms with van der Waals surface area (Å²) >= 11 is 0.